The summed E-state index contributed by atoms with van der Waals surface area (Å²) in [5, 5.41) is 13.6. The van der Waals surface area contributed by atoms with Crippen molar-refractivity contribution >= 4 is 28.8 Å². The van der Waals surface area contributed by atoms with E-state index in [0.29, 0.717) is 25.3 Å². The number of aromatic nitrogens is 1. The third-order valence-electron chi connectivity index (χ3n) is 3.27. The Balaban J connectivity index is 2.06. The van der Waals surface area contributed by atoms with E-state index in [-0.39, 0.29) is 0 Å². The van der Waals surface area contributed by atoms with Crippen LogP contribution < -0.4 is 0 Å². The zero-order valence-corrected chi connectivity index (χ0v) is 12.1. The Hall–Kier alpha value is -2.35. The lowest BCUT2D eigenvalue weighted by Gasteiger charge is -2.24. The van der Waals surface area contributed by atoms with E-state index in [0.717, 1.165) is 21.0 Å². The molecular weight excluding hydrogens is 294 g/mol. The third-order valence-corrected chi connectivity index (χ3v) is 4.39. The Morgan fingerprint density at radius 3 is 3.19 bits per heavy atom. The van der Waals surface area contributed by atoms with Gasteiger partial charge in [0.25, 0.3) is 0 Å². The van der Waals surface area contributed by atoms with E-state index in [2.05, 4.69) is 10.1 Å². The summed E-state index contributed by atoms with van der Waals surface area (Å²) in [4.78, 5) is 17.8. The number of amides is 1. The highest BCUT2D eigenvalue weighted by molar-refractivity contribution is 7.16. The topological polar surface area (TPSA) is 88.2 Å². The summed E-state index contributed by atoms with van der Waals surface area (Å²) >= 11 is 1.45. The predicted molar refractivity (Wildman–Crippen MR) is 77.1 cm³/mol. The molecule has 3 rings (SSSR count). The van der Waals surface area contributed by atoms with Gasteiger partial charge in [0, 0.05) is 17.5 Å². The Labute approximate surface area is 124 Å². The first kappa shape index (κ1) is 13.6. The fraction of sp³-hybridized carbons (Fsp3) is 0.308. The number of aliphatic imine (C=N–C) groups is 1. The van der Waals surface area contributed by atoms with Gasteiger partial charge in [-0.1, -0.05) is 5.16 Å². The van der Waals surface area contributed by atoms with E-state index in [1.54, 1.807) is 12.3 Å². The number of rotatable bonds is 3. The first-order valence-corrected chi connectivity index (χ1v) is 7.11. The highest BCUT2D eigenvalue weighted by atomic mass is 32.1. The minimum absolute atomic E-state index is 0.374. The summed E-state index contributed by atoms with van der Waals surface area (Å²) in [6.07, 6.45) is 2.66. The highest BCUT2D eigenvalue weighted by Gasteiger charge is 2.28. The number of carboxylic acid groups (broad SMARTS) is 1. The molecule has 0 unspecified atom stereocenters. The fourth-order valence-electron chi connectivity index (χ4n) is 2.34. The minimum Gasteiger partial charge on any atom is -0.486 e. The van der Waals surface area contributed by atoms with Crippen molar-refractivity contribution in [2.24, 2.45) is 4.99 Å². The number of hydrogen-bond acceptors (Lipinski definition) is 6. The van der Waals surface area contributed by atoms with Gasteiger partial charge in [0.2, 0.25) is 0 Å². The van der Waals surface area contributed by atoms with Crippen molar-refractivity contribution in [3.05, 3.63) is 22.7 Å². The fourth-order valence-corrected chi connectivity index (χ4v) is 3.55. The van der Waals surface area contributed by atoms with Crippen molar-refractivity contribution in [2.45, 2.75) is 13.0 Å². The van der Waals surface area contributed by atoms with Crippen molar-refractivity contribution in [2.75, 3.05) is 13.7 Å². The van der Waals surface area contributed by atoms with Crippen molar-refractivity contribution in [1.82, 2.24) is 10.1 Å². The second kappa shape index (κ2) is 5.57. The Kier molecular flexibility index (Phi) is 3.61. The quantitative estimate of drug-likeness (QED) is 0.695. The number of methoxy groups -OCH3 is 1. The molecule has 110 valence electrons. The smallest absolute Gasteiger partial charge is 0.407 e. The minimum atomic E-state index is -0.905. The molecule has 7 nitrogen and oxygen atoms in total. The molecule has 1 aliphatic heterocycles. The zero-order valence-electron chi connectivity index (χ0n) is 11.3. The van der Waals surface area contributed by atoms with Gasteiger partial charge in [0.15, 0.2) is 12.2 Å². The molecule has 1 aliphatic rings. The van der Waals surface area contributed by atoms with Crippen LogP contribution in [0.25, 0.3) is 11.3 Å². The molecule has 3 heterocycles. The van der Waals surface area contributed by atoms with Gasteiger partial charge in [-0.2, -0.15) is 0 Å². The molecular formula is C13H13N3O4S. The maximum Gasteiger partial charge on any atom is 0.407 e. The van der Waals surface area contributed by atoms with Crippen LogP contribution in [0.5, 0.6) is 0 Å². The number of carbonyl (C=O) groups is 1. The molecule has 2 aromatic heterocycles. The monoisotopic (exact) mass is 307 g/mol. The van der Waals surface area contributed by atoms with E-state index in [9.17, 15) is 4.79 Å². The van der Waals surface area contributed by atoms with Gasteiger partial charge in [-0.25, -0.2) is 9.79 Å². The number of hydrogen-bond donors (Lipinski definition) is 1. The lowest BCUT2D eigenvalue weighted by molar-refractivity contribution is 0.140. The van der Waals surface area contributed by atoms with Crippen LogP contribution in [0.2, 0.25) is 0 Å². The largest absolute Gasteiger partial charge is 0.486 e. The van der Waals surface area contributed by atoms with E-state index in [1.165, 1.54) is 29.7 Å². The summed E-state index contributed by atoms with van der Waals surface area (Å²) < 4.78 is 10.1. The number of fused-ring (bicyclic) bond motifs is 1. The maximum absolute atomic E-state index is 11.1. The SMILES string of the molecule is CO/C=N/c1sc2c(c1-c1ccno1)CCN(C(=O)O)C2. The number of thiophene rings is 1. The van der Waals surface area contributed by atoms with E-state index in [1.807, 2.05) is 0 Å². The van der Waals surface area contributed by atoms with Crippen LogP contribution in [0.4, 0.5) is 9.80 Å². The van der Waals surface area contributed by atoms with Crippen LogP contribution in [0.3, 0.4) is 0 Å². The summed E-state index contributed by atoms with van der Waals surface area (Å²) in [5.41, 5.74) is 1.96. The summed E-state index contributed by atoms with van der Waals surface area (Å²) in [6.45, 7) is 0.840. The number of nitrogens with zero attached hydrogens (tertiary/aromatic N) is 3. The third kappa shape index (κ3) is 2.49. The molecule has 8 heteroatoms. The molecule has 0 saturated heterocycles. The second-order valence-corrected chi connectivity index (χ2v) is 5.57. The van der Waals surface area contributed by atoms with E-state index >= 15 is 0 Å². The van der Waals surface area contributed by atoms with Gasteiger partial charge in [-0.05, 0) is 12.0 Å². The van der Waals surface area contributed by atoms with Gasteiger partial charge >= 0.3 is 6.09 Å². The molecule has 0 aromatic carbocycles. The van der Waals surface area contributed by atoms with Crippen molar-refractivity contribution in [3.8, 4) is 11.3 Å². The Morgan fingerprint density at radius 1 is 1.67 bits per heavy atom. The van der Waals surface area contributed by atoms with Crippen molar-refractivity contribution < 1.29 is 19.2 Å². The first-order chi connectivity index (χ1) is 10.2. The molecule has 0 radical (unpaired) electrons. The first-order valence-electron chi connectivity index (χ1n) is 6.29. The van der Waals surface area contributed by atoms with Crippen LogP contribution in [0.1, 0.15) is 10.4 Å². The molecule has 21 heavy (non-hydrogen) atoms. The van der Waals surface area contributed by atoms with Crippen molar-refractivity contribution in [1.29, 1.82) is 0 Å². The molecule has 1 N–H and O–H groups in total. The summed E-state index contributed by atoms with van der Waals surface area (Å²) in [7, 11) is 1.53. The van der Waals surface area contributed by atoms with Crippen LogP contribution in [0.15, 0.2) is 21.8 Å². The molecule has 0 spiro atoms. The predicted octanol–water partition coefficient (Wildman–Crippen LogP) is 2.75. The maximum atomic E-state index is 11.1. The van der Waals surface area contributed by atoms with Gasteiger partial charge in [-0.15, -0.1) is 11.3 Å². The molecule has 0 atom stereocenters. The van der Waals surface area contributed by atoms with Crippen LogP contribution in [-0.4, -0.2) is 41.3 Å². The van der Waals surface area contributed by atoms with Crippen LogP contribution in [-0.2, 0) is 17.7 Å². The molecule has 2 aromatic rings. The summed E-state index contributed by atoms with van der Waals surface area (Å²) in [6, 6.07) is 1.78. The van der Waals surface area contributed by atoms with Gasteiger partial charge < -0.3 is 19.3 Å². The van der Waals surface area contributed by atoms with Crippen LogP contribution in [0, 0.1) is 0 Å². The molecule has 0 fully saturated rings. The van der Waals surface area contributed by atoms with Gasteiger partial charge in [0.05, 0.1) is 25.4 Å². The molecule has 1 amide bonds. The number of ether oxygens (including phenoxy) is 1. The lowest BCUT2D eigenvalue weighted by Crippen LogP contribution is -2.34. The van der Waals surface area contributed by atoms with E-state index < -0.39 is 6.09 Å². The molecule has 0 saturated carbocycles. The lowest BCUT2D eigenvalue weighted by atomic mass is 10.0. The van der Waals surface area contributed by atoms with Gasteiger partial charge in [0.1, 0.15) is 5.00 Å². The average molecular weight is 307 g/mol. The van der Waals surface area contributed by atoms with Gasteiger partial charge in [-0.3, -0.25) is 0 Å². The Morgan fingerprint density at radius 2 is 2.52 bits per heavy atom. The average Bonchev–Trinajstić information content (AvgIpc) is 3.10. The normalized spacial score (nSPS) is 14.4. The zero-order chi connectivity index (χ0) is 14.8. The summed E-state index contributed by atoms with van der Waals surface area (Å²) in [5.74, 6) is 0.638. The van der Waals surface area contributed by atoms with Crippen LogP contribution >= 0.6 is 11.3 Å². The second-order valence-electron chi connectivity index (χ2n) is 4.48. The molecule has 0 aliphatic carbocycles. The van der Waals surface area contributed by atoms with Crippen molar-refractivity contribution in [3.63, 3.8) is 0 Å². The van der Waals surface area contributed by atoms with E-state index in [4.69, 9.17) is 14.4 Å². The molecule has 0 bridgehead atoms. The Bertz CT molecular complexity index is 678. The standard InChI is InChI=1S/C13H13N3O4S/c1-19-7-14-12-11(9-2-4-15-20-9)8-3-5-16(13(17)18)6-10(8)21-12/h2,4,7H,3,5-6H2,1H3,(H,17,18)/b14-7+. The highest BCUT2D eigenvalue weighted by Crippen LogP contribution is 2.44.